The summed E-state index contributed by atoms with van der Waals surface area (Å²) in [6.07, 6.45) is -2.90. The molecule has 29 heavy (non-hydrogen) atoms. The first-order valence-corrected chi connectivity index (χ1v) is 8.90. The Balaban J connectivity index is 1.78. The maximum absolute atomic E-state index is 12.6. The van der Waals surface area contributed by atoms with Crippen LogP contribution in [0.2, 0.25) is 0 Å². The van der Waals surface area contributed by atoms with E-state index in [1.54, 1.807) is 18.2 Å². The zero-order valence-corrected chi connectivity index (χ0v) is 15.4. The van der Waals surface area contributed by atoms with Crippen LogP contribution in [0, 0.1) is 10.8 Å². The van der Waals surface area contributed by atoms with E-state index < -0.39 is 48.4 Å². The van der Waals surface area contributed by atoms with Gasteiger partial charge in [-0.3, -0.25) is 15.7 Å². The molecule has 1 spiro atoms. The second-order valence-corrected chi connectivity index (χ2v) is 7.08. The van der Waals surface area contributed by atoms with E-state index in [0.29, 0.717) is 0 Å². The molecule has 0 unspecified atom stereocenters. The first-order chi connectivity index (χ1) is 13.8. The summed E-state index contributed by atoms with van der Waals surface area (Å²) >= 11 is 0. The van der Waals surface area contributed by atoms with Gasteiger partial charge in [-0.05, 0) is 12.1 Å². The maximum atomic E-state index is 12.6. The lowest BCUT2D eigenvalue weighted by Crippen LogP contribution is -2.81. The van der Waals surface area contributed by atoms with Crippen molar-refractivity contribution in [3.8, 4) is 0 Å². The molecule has 0 radical (unpaired) electrons. The largest absolute Gasteiger partial charge is 0.448 e. The van der Waals surface area contributed by atoms with E-state index in [9.17, 15) is 20.1 Å². The molecule has 0 aliphatic carbocycles. The monoisotopic (exact) mass is 406 g/mol. The normalized spacial score (nSPS) is 34.6. The number of ether oxygens (including phenoxy) is 2. The van der Waals surface area contributed by atoms with E-state index in [1.807, 2.05) is 0 Å². The molecule has 3 aliphatic heterocycles. The van der Waals surface area contributed by atoms with Gasteiger partial charge in [-0.1, -0.05) is 18.2 Å². The van der Waals surface area contributed by atoms with E-state index in [0.717, 1.165) is 0 Å². The van der Waals surface area contributed by atoms with Crippen LogP contribution in [0.5, 0.6) is 0 Å². The number of carbonyl (C=O) groups is 1. The summed E-state index contributed by atoms with van der Waals surface area (Å²) in [5.41, 5.74) is -1.70. The highest BCUT2D eigenvalue weighted by atomic mass is 16.6. The average molecular weight is 406 g/mol. The van der Waals surface area contributed by atoms with E-state index in [1.165, 1.54) is 24.1 Å². The van der Waals surface area contributed by atoms with Gasteiger partial charge in [-0.25, -0.2) is 4.79 Å². The number of rotatable bonds is 4. The summed E-state index contributed by atoms with van der Waals surface area (Å²) in [4.78, 5) is 13.8. The van der Waals surface area contributed by atoms with Crippen LogP contribution in [0.4, 0.5) is 0 Å². The van der Waals surface area contributed by atoms with Gasteiger partial charge in [0.15, 0.2) is 23.8 Å². The molecule has 5 atom stereocenters. The van der Waals surface area contributed by atoms with Gasteiger partial charge < -0.3 is 40.7 Å². The van der Waals surface area contributed by atoms with Crippen LogP contribution >= 0.6 is 0 Å². The highest BCUT2D eigenvalue weighted by Crippen LogP contribution is 2.47. The Morgan fingerprint density at radius 3 is 2.55 bits per heavy atom. The second kappa shape index (κ2) is 6.56. The molecule has 3 aliphatic rings. The van der Waals surface area contributed by atoms with Crippen LogP contribution in [0.15, 0.2) is 30.3 Å². The molecule has 12 nitrogen and oxygen atoms in total. The van der Waals surface area contributed by atoms with Gasteiger partial charge in [0.25, 0.3) is 5.79 Å². The Labute approximate surface area is 165 Å². The summed E-state index contributed by atoms with van der Waals surface area (Å²) in [6, 6.07) is 6.24. The van der Waals surface area contributed by atoms with E-state index in [4.69, 9.17) is 20.3 Å². The van der Waals surface area contributed by atoms with Crippen molar-refractivity contribution in [3.63, 3.8) is 0 Å². The van der Waals surface area contributed by atoms with Crippen molar-refractivity contribution in [2.24, 2.45) is 0 Å². The minimum absolute atomic E-state index is 0.198. The Bertz CT molecular complexity index is 850. The van der Waals surface area contributed by atoms with Crippen molar-refractivity contribution >= 4 is 17.9 Å². The van der Waals surface area contributed by atoms with Crippen LogP contribution < -0.4 is 16.0 Å². The summed E-state index contributed by atoms with van der Waals surface area (Å²) in [7, 11) is 1.28. The fourth-order valence-electron chi connectivity index (χ4n) is 4.33. The average Bonchev–Trinajstić information content (AvgIpc) is 3.15. The van der Waals surface area contributed by atoms with Crippen LogP contribution in [-0.2, 0) is 9.47 Å². The molecule has 3 heterocycles. The molecule has 156 valence electrons. The van der Waals surface area contributed by atoms with Crippen molar-refractivity contribution in [1.29, 1.82) is 10.8 Å². The van der Waals surface area contributed by atoms with E-state index >= 15 is 0 Å². The lowest BCUT2D eigenvalue weighted by molar-refractivity contribution is -0.261. The van der Waals surface area contributed by atoms with E-state index in [2.05, 4.69) is 16.0 Å². The van der Waals surface area contributed by atoms with Crippen molar-refractivity contribution in [3.05, 3.63) is 35.9 Å². The fraction of sp³-hybridized carbons (Fsp3) is 0.471. The third-order valence-electron chi connectivity index (χ3n) is 5.56. The molecule has 8 N–H and O–H groups in total. The first kappa shape index (κ1) is 19.4. The molecule has 0 aromatic heterocycles. The highest BCUT2D eigenvalue weighted by Gasteiger charge is 2.78. The van der Waals surface area contributed by atoms with Gasteiger partial charge in [0.05, 0.1) is 24.3 Å². The van der Waals surface area contributed by atoms with Crippen molar-refractivity contribution in [2.75, 3.05) is 13.7 Å². The summed E-state index contributed by atoms with van der Waals surface area (Å²) in [6.45, 7) is -0.452. The standard InChI is InChI=1S/C17H22N6O6/c1-28-12-11(29-13(25)8-5-3-2-4-6-8)17(26,27)16-10(21-14(18)22-16)9(7-24)20-15(19)23(12)16/h2-6,9-12,24,26-27H,7H2,1H3,(H2,19,20)(H3,18,21,22)/t9-,10-,11-,12-,16-/m0/s1. The predicted octanol–water partition coefficient (Wildman–Crippen LogP) is -2.73. The number of nitrogens with one attached hydrogen (secondary N) is 5. The number of carbonyl (C=O) groups excluding carboxylic acids is 1. The number of benzene rings is 1. The smallest absolute Gasteiger partial charge is 0.338 e. The van der Waals surface area contributed by atoms with E-state index in [-0.39, 0.29) is 17.5 Å². The number of nitrogens with zero attached hydrogens (tertiary/aromatic N) is 1. The SMILES string of the molecule is CO[C@H]1[C@H](OC(=O)c2ccccc2)C(O)(O)[C@]23NC(=N)N[C@H]2[C@H](CO)NC(=N)N13. The lowest BCUT2D eigenvalue weighted by Gasteiger charge is -2.50. The number of hydrogen-bond acceptors (Lipinski definition) is 8. The molecule has 3 fully saturated rings. The molecule has 3 saturated heterocycles. The minimum atomic E-state index is -2.79. The third-order valence-corrected chi connectivity index (χ3v) is 5.56. The van der Waals surface area contributed by atoms with Crippen LogP contribution in [0.1, 0.15) is 10.4 Å². The number of esters is 1. The summed E-state index contributed by atoms with van der Waals surface area (Å²) in [5.74, 6) is -4.13. The van der Waals surface area contributed by atoms with Crippen LogP contribution in [-0.4, -0.2) is 87.7 Å². The Kier molecular flexibility index (Phi) is 4.38. The Morgan fingerprint density at radius 1 is 1.24 bits per heavy atom. The predicted molar refractivity (Wildman–Crippen MR) is 97.7 cm³/mol. The van der Waals surface area contributed by atoms with Gasteiger partial charge >= 0.3 is 5.97 Å². The molecule has 12 heteroatoms. The summed E-state index contributed by atoms with van der Waals surface area (Å²) < 4.78 is 10.8. The maximum Gasteiger partial charge on any atom is 0.338 e. The van der Waals surface area contributed by atoms with Gasteiger partial charge in [0.1, 0.15) is 0 Å². The number of aliphatic hydroxyl groups is 3. The topological polar surface area (TPSA) is 183 Å². The Morgan fingerprint density at radius 2 is 1.93 bits per heavy atom. The quantitative estimate of drug-likeness (QED) is 0.193. The molecule has 4 rings (SSSR count). The fourth-order valence-corrected chi connectivity index (χ4v) is 4.33. The highest BCUT2D eigenvalue weighted by molar-refractivity contribution is 5.90. The molecule has 0 saturated carbocycles. The van der Waals surface area contributed by atoms with Crippen LogP contribution in [0.25, 0.3) is 0 Å². The lowest BCUT2D eigenvalue weighted by atomic mass is 9.85. The number of methoxy groups -OCH3 is 1. The van der Waals surface area contributed by atoms with Gasteiger partial charge in [0.2, 0.25) is 6.10 Å². The number of aliphatic hydroxyl groups excluding tert-OH is 1. The van der Waals surface area contributed by atoms with Gasteiger partial charge in [-0.15, -0.1) is 0 Å². The molecular formula is C17H22N6O6. The molecule has 0 bridgehead atoms. The Hall–Kier alpha value is -2.93. The molecule has 1 aromatic carbocycles. The van der Waals surface area contributed by atoms with Crippen molar-refractivity contribution < 1.29 is 29.6 Å². The van der Waals surface area contributed by atoms with Crippen molar-refractivity contribution in [1.82, 2.24) is 20.9 Å². The summed E-state index contributed by atoms with van der Waals surface area (Å²) in [5, 5.41) is 56.6. The third kappa shape index (κ3) is 2.50. The zero-order valence-electron chi connectivity index (χ0n) is 15.4. The number of guanidine groups is 2. The van der Waals surface area contributed by atoms with Crippen LogP contribution in [0.3, 0.4) is 0 Å². The zero-order chi connectivity index (χ0) is 21.0. The minimum Gasteiger partial charge on any atom is -0.448 e. The molecular weight excluding hydrogens is 384 g/mol. The van der Waals surface area contributed by atoms with Crippen molar-refractivity contribution in [2.45, 2.75) is 35.9 Å². The van der Waals surface area contributed by atoms with Gasteiger partial charge in [0, 0.05) is 7.11 Å². The second-order valence-electron chi connectivity index (χ2n) is 7.08. The molecule has 0 amide bonds. The molecule has 1 aromatic rings. The number of hydrogen-bond donors (Lipinski definition) is 8. The van der Waals surface area contributed by atoms with Gasteiger partial charge in [-0.2, -0.15) is 0 Å². The first-order valence-electron chi connectivity index (χ1n) is 8.90.